The molecule has 3 rings (SSSR count). The third kappa shape index (κ3) is 1.13. The molecule has 3 atom stereocenters. The van der Waals surface area contributed by atoms with Crippen LogP contribution in [0.3, 0.4) is 0 Å². The van der Waals surface area contributed by atoms with Crippen LogP contribution < -0.4 is 0 Å². The van der Waals surface area contributed by atoms with Crippen LogP contribution in [0.15, 0.2) is 24.0 Å². The Labute approximate surface area is 79.5 Å². The minimum Gasteiger partial charge on any atom is -0.493 e. The second kappa shape index (κ2) is 2.90. The molecule has 2 fully saturated rings. The lowest BCUT2D eigenvalue weighted by Gasteiger charge is -2.36. The Balaban J connectivity index is 1.88. The van der Waals surface area contributed by atoms with Crippen molar-refractivity contribution in [3.05, 3.63) is 24.0 Å². The van der Waals surface area contributed by atoms with Crippen LogP contribution in [-0.2, 0) is 4.74 Å². The van der Waals surface area contributed by atoms with Crippen LogP contribution >= 0.6 is 0 Å². The summed E-state index contributed by atoms with van der Waals surface area (Å²) in [6.07, 6.45) is 13.6. The molecule has 2 aliphatic carbocycles. The summed E-state index contributed by atoms with van der Waals surface area (Å²) in [5, 5.41) is 0. The van der Waals surface area contributed by atoms with Crippen molar-refractivity contribution in [2.45, 2.75) is 38.2 Å². The van der Waals surface area contributed by atoms with Gasteiger partial charge in [-0.3, -0.25) is 0 Å². The molecule has 13 heavy (non-hydrogen) atoms. The van der Waals surface area contributed by atoms with E-state index in [-0.39, 0.29) is 0 Å². The van der Waals surface area contributed by atoms with Crippen molar-refractivity contribution in [1.82, 2.24) is 0 Å². The van der Waals surface area contributed by atoms with E-state index in [1.165, 1.54) is 32.1 Å². The summed E-state index contributed by atoms with van der Waals surface area (Å²) in [6, 6.07) is 0. The van der Waals surface area contributed by atoms with E-state index in [1.807, 2.05) is 12.3 Å². The molecule has 1 heterocycles. The second-order valence-corrected chi connectivity index (χ2v) is 4.52. The number of allylic oxidation sites excluding steroid dienone is 2. The summed E-state index contributed by atoms with van der Waals surface area (Å²) in [4.78, 5) is 0. The van der Waals surface area contributed by atoms with E-state index in [2.05, 4.69) is 6.08 Å². The van der Waals surface area contributed by atoms with Gasteiger partial charge in [-0.25, -0.2) is 0 Å². The highest BCUT2D eigenvalue weighted by molar-refractivity contribution is 5.23. The number of hydrogen-bond acceptors (Lipinski definition) is 1. The van der Waals surface area contributed by atoms with E-state index >= 15 is 0 Å². The number of fused-ring (bicyclic) bond motifs is 3. The van der Waals surface area contributed by atoms with E-state index in [4.69, 9.17) is 4.74 Å². The molecule has 3 aliphatic rings. The van der Waals surface area contributed by atoms with Gasteiger partial charge in [-0.2, -0.15) is 0 Å². The summed E-state index contributed by atoms with van der Waals surface area (Å²) < 4.78 is 5.75. The average molecular weight is 176 g/mol. The molecule has 0 N–H and O–H groups in total. The van der Waals surface area contributed by atoms with Gasteiger partial charge in [-0.1, -0.05) is 18.9 Å². The van der Waals surface area contributed by atoms with Crippen molar-refractivity contribution >= 4 is 0 Å². The first kappa shape index (κ1) is 7.66. The van der Waals surface area contributed by atoms with Gasteiger partial charge < -0.3 is 4.74 Å². The van der Waals surface area contributed by atoms with Crippen molar-refractivity contribution in [1.29, 1.82) is 0 Å². The van der Waals surface area contributed by atoms with Crippen molar-refractivity contribution < 1.29 is 4.74 Å². The van der Waals surface area contributed by atoms with Gasteiger partial charge in [0.2, 0.25) is 0 Å². The van der Waals surface area contributed by atoms with Crippen LogP contribution in [0.25, 0.3) is 0 Å². The largest absolute Gasteiger partial charge is 0.493 e. The summed E-state index contributed by atoms with van der Waals surface area (Å²) >= 11 is 0. The van der Waals surface area contributed by atoms with Crippen molar-refractivity contribution in [3.63, 3.8) is 0 Å². The summed E-state index contributed by atoms with van der Waals surface area (Å²) in [5.74, 6) is 1.80. The smallest absolute Gasteiger partial charge is 0.122 e. The van der Waals surface area contributed by atoms with Gasteiger partial charge in [0.15, 0.2) is 0 Å². The molecular formula is C12H16O. The molecule has 1 heteroatoms. The SMILES string of the molecule is C1=COC2C(=C1)CCC1CCCC12. The van der Waals surface area contributed by atoms with Gasteiger partial charge in [0.25, 0.3) is 0 Å². The fourth-order valence-electron chi connectivity index (χ4n) is 3.25. The van der Waals surface area contributed by atoms with E-state index in [1.54, 1.807) is 5.57 Å². The van der Waals surface area contributed by atoms with E-state index in [0.717, 1.165) is 11.8 Å². The first-order valence-corrected chi connectivity index (χ1v) is 5.46. The van der Waals surface area contributed by atoms with Crippen molar-refractivity contribution in [2.24, 2.45) is 11.8 Å². The van der Waals surface area contributed by atoms with Gasteiger partial charge in [0.05, 0.1) is 6.26 Å². The molecule has 0 aromatic carbocycles. The monoisotopic (exact) mass is 176 g/mol. The molecule has 1 nitrogen and oxygen atoms in total. The molecule has 2 saturated carbocycles. The van der Waals surface area contributed by atoms with E-state index in [9.17, 15) is 0 Å². The van der Waals surface area contributed by atoms with Crippen LogP contribution in [0.5, 0.6) is 0 Å². The fourth-order valence-corrected chi connectivity index (χ4v) is 3.25. The maximum Gasteiger partial charge on any atom is 0.122 e. The van der Waals surface area contributed by atoms with Crippen molar-refractivity contribution in [3.8, 4) is 0 Å². The van der Waals surface area contributed by atoms with Gasteiger partial charge >= 0.3 is 0 Å². The lowest BCUT2D eigenvalue weighted by atomic mass is 9.76. The van der Waals surface area contributed by atoms with Gasteiger partial charge in [-0.05, 0) is 36.8 Å². The van der Waals surface area contributed by atoms with Gasteiger partial charge in [0, 0.05) is 5.92 Å². The summed E-state index contributed by atoms with van der Waals surface area (Å²) in [6.45, 7) is 0. The predicted molar refractivity (Wildman–Crippen MR) is 52.2 cm³/mol. The van der Waals surface area contributed by atoms with E-state index in [0.29, 0.717) is 6.10 Å². The van der Waals surface area contributed by atoms with Crippen LogP contribution in [0.2, 0.25) is 0 Å². The minimum absolute atomic E-state index is 0.450. The Bertz CT molecular complexity index is 264. The van der Waals surface area contributed by atoms with E-state index < -0.39 is 0 Å². The maximum atomic E-state index is 5.75. The maximum absolute atomic E-state index is 5.75. The van der Waals surface area contributed by atoms with Crippen LogP contribution in [0.4, 0.5) is 0 Å². The molecule has 0 spiro atoms. The van der Waals surface area contributed by atoms with Gasteiger partial charge in [0.1, 0.15) is 6.10 Å². The standard InChI is InChI=1S/C12H16O/c1-3-9-6-7-10-4-2-8-13-12(10)11(9)5-1/h2,4,8-9,11-12H,1,3,5-7H2. The summed E-state index contributed by atoms with van der Waals surface area (Å²) in [7, 11) is 0. The number of rotatable bonds is 0. The number of ether oxygens (including phenoxy) is 1. The summed E-state index contributed by atoms with van der Waals surface area (Å²) in [5.41, 5.74) is 1.55. The zero-order valence-corrected chi connectivity index (χ0v) is 7.91. The molecule has 1 aliphatic heterocycles. The molecular weight excluding hydrogens is 160 g/mol. The Kier molecular flexibility index (Phi) is 1.71. The zero-order valence-electron chi connectivity index (χ0n) is 7.91. The Morgan fingerprint density at radius 2 is 2.23 bits per heavy atom. The second-order valence-electron chi connectivity index (χ2n) is 4.52. The normalized spacial score (nSPS) is 41.8. The van der Waals surface area contributed by atoms with Crippen LogP contribution in [0, 0.1) is 11.8 Å². The minimum atomic E-state index is 0.450. The molecule has 0 aromatic heterocycles. The quantitative estimate of drug-likeness (QED) is 0.551. The molecule has 0 radical (unpaired) electrons. The lowest BCUT2D eigenvalue weighted by molar-refractivity contribution is 0.0698. The fraction of sp³-hybridized carbons (Fsp3) is 0.667. The molecule has 0 amide bonds. The van der Waals surface area contributed by atoms with Crippen LogP contribution in [0.1, 0.15) is 32.1 Å². The zero-order chi connectivity index (χ0) is 8.67. The topological polar surface area (TPSA) is 9.23 Å². The highest BCUT2D eigenvalue weighted by Gasteiger charge is 2.40. The third-order valence-corrected chi connectivity index (χ3v) is 3.89. The Morgan fingerprint density at radius 3 is 3.23 bits per heavy atom. The lowest BCUT2D eigenvalue weighted by Crippen LogP contribution is -2.33. The Hall–Kier alpha value is -0.720. The Morgan fingerprint density at radius 1 is 1.23 bits per heavy atom. The number of hydrogen-bond donors (Lipinski definition) is 0. The first-order chi connectivity index (χ1) is 6.45. The highest BCUT2D eigenvalue weighted by atomic mass is 16.5. The molecule has 0 saturated heterocycles. The van der Waals surface area contributed by atoms with Crippen molar-refractivity contribution in [2.75, 3.05) is 0 Å². The molecule has 0 aromatic rings. The molecule has 3 unspecified atom stereocenters. The average Bonchev–Trinajstić information content (AvgIpc) is 2.65. The predicted octanol–water partition coefficient (Wildman–Crippen LogP) is 3.04. The highest BCUT2D eigenvalue weighted by Crippen LogP contribution is 2.46. The molecule has 0 bridgehead atoms. The first-order valence-electron chi connectivity index (χ1n) is 5.46. The van der Waals surface area contributed by atoms with Gasteiger partial charge in [-0.15, -0.1) is 0 Å². The third-order valence-electron chi connectivity index (χ3n) is 3.89. The van der Waals surface area contributed by atoms with Crippen LogP contribution in [-0.4, -0.2) is 6.10 Å². The molecule has 70 valence electrons.